The average Bonchev–Trinajstić information content (AvgIpc) is 2.31. The van der Waals surface area contributed by atoms with Gasteiger partial charge in [-0.05, 0) is 19.1 Å². The molecular formula is C12H14ClNO4. The van der Waals surface area contributed by atoms with Gasteiger partial charge in [-0.3, -0.25) is 4.79 Å². The number of rotatable bonds is 6. The molecule has 0 aliphatic rings. The van der Waals surface area contributed by atoms with Crippen molar-refractivity contribution in [3.05, 3.63) is 28.8 Å². The lowest BCUT2D eigenvalue weighted by Gasteiger charge is -2.10. The normalized spacial score (nSPS) is 10.1. The molecule has 2 N–H and O–H groups in total. The Morgan fingerprint density at radius 2 is 2.17 bits per heavy atom. The molecule has 0 bridgehead atoms. The quantitative estimate of drug-likeness (QED) is 0.779. The van der Waals surface area contributed by atoms with E-state index in [4.69, 9.17) is 21.4 Å². The van der Waals surface area contributed by atoms with E-state index in [2.05, 4.69) is 5.32 Å². The van der Waals surface area contributed by atoms with Crippen molar-refractivity contribution < 1.29 is 19.4 Å². The van der Waals surface area contributed by atoms with Gasteiger partial charge in [-0.15, -0.1) is 0 Å². The average molecular weight is 272 g/mol. The number of ether oxygens (including phenoxy) is 1. The molecule has 0 saturated heterocycles. The molecule has 98 valence electrons. The molecule has 1 aromatic rings. The van der Waals surface area contributed by atoms with E-state index in [0.717, 1.165) is 0 Å². The molecule has 0 aromatic heterocycles. The molecule has 0 radical (unpaired) electrons. The van der Waals surface area contributed by atoms with Crippen LogP contribution in [-0.4, -0.2) is 30.2 Å². The Hall–Kier alpha value is -1.59. The van der Waals surface area contributed by atoms with Crippen LogP contribution < -0.4 is 5.32 Å². The van der Waals surface area contributed by atoms with E-state index in [1.54, 1.807) is 0 Å². The summed E-state index contributed by atoms with van der Waals surface area (Å²) in [5.74, 6) is -1.48. The molecule has 0 aliphatic heterocycles. The summed E-state index contributed by atoms with van der Waals surface area (Å²) in [4.78, 5) is 22.6. The fourth-order valence-electron chi connectivity index (χ4n) is 1.34. The van der Waals surface area contributed by atoms with Crippen molar-refractivity contribution in [2.24, 2.45) is 0 Å². The lowest BCUT2D eigenvalue weighted by atomic mass is 10.1. The highest BCUT2D eigenvalue weighted by atomic mass is 35.5. The van der Waals surface area contributed by atoms with Crippen LogP contribution in [0, 0.1) is 0 Å². The summed E-state index contributed by atoms with van der Waals surface area (Å²) in [5.41, 5.74) is 0.0837. The molecule has 0 saturated carbocycles. The zero-order chi connectivity index (χ0) is 13.5. The van der Waals surface area contributed by atoms with Gasteiger partial charge in [0.25, 0.3) is 0 Å². The summed E-state index contributed by atoms with van der Waals surface area (Å²) in [6, 6.07) is 4.42. The Labute approximate surface area is 110 Å². The summed E-state index contributed by atoms with van der Waals surface area (Å²) in [6.07, 6.45) is 0.151. The summed E-state index contributed by atoms with van der Waals surface area (Å²) < 4.78 is 5.04. The minimum absolute atomic E-state index is 0.0349. The van der Waals surface area contributed by atoms with Gasteiger partial charge in [-0.1, -0.05) is 17.7 Å². The zero-order valence-electron chi connectivity index (χ0n) is 9.90. The van der Waals surface area contributed by atoms with E-state index in [1.807, 2.05) is 6.92 Å². The number of carboxylic acid groups (broad SMARTS) is 1. The molecule has 1 rings (SSSR count). The van der Waals surface area contributed by atoms with Crippen LogP contribution in [0.15, 0.2) is 18.2 Å². The first-order chi connectivity index (χ1) is 8.56. The molecule has 1 aromatic carbocycles. The molecule has 6 heteroatoms. The highest BCUT2D eigenvalue weighted by Crippen LogP contribution is 2.26. The van der Waals surface area contributed by atoms with Gasteiger partial charge < -0.3 is 15.2 Å². The SMILES string of the molecule is CCOCCC(=O)Nc1c(Cl)cccc1C(=O)O. The van der Waals surface area contributed by atoms with Gasteiger partial charge in [0.2, 0.25) is 5.91 Å². The zero-order valence-corrected chi connectivity index (χ0v) is 10.7. The number of amides is 1. The number of para-hydroxylation sites is 1. The first kappa shape index (κ1) is 14.5. The lowest BCUT2D eigenvalue weighted by molar-refractivity contribution is -0.117. The van der Waals surface area contributed by atoms with Crippen molar-refractivity contribution in [2.75, 3.05) is 18.5 Å². The van der Waals surface area contributed by atoms with E-state index in [-0.39, 0.29) is 35.2 Å². The van der Waals surface area contributed by atoms with Crippen molar-refractivity contribution >= 4 is 29.2 Å². The number of benzene rings is 1. The monoisotopic (exact) mass is 271 g/mol. The third-order valence-electron chi connectivity index (χ3n) is 2.19. The predicted molar refractivity (Wildman–Crippen MR) is 68.2 cm³/mol. The molecule has 0 spiro atoms. The van der Waals surface area contributed by atoms with Crippen molar-refractivity contribution in [1.29, 1.82) is 0 Å². The lowest BCUT2D eigenvalue weighted by Crippen LogP contribution is -2.16. The van der Waals surface area contributed by atoms with Gasteiger partial charge in [0.1, 0.15) is 0 Å². The summed E-state index contributed by atoms with van der Waals surface area (Å²) >= 11 is 5.87. The van der Waals surface area contributed by atoms with Crippen LogP contribution in [0.5, 0.6) is 0 Å². The second-order valence-corrected chi connectivity index (χ2v) is 3.87. The van der Waals surface area contributed by atoms with Crippen molar-refractivity contribution in [3.63, 3.8) is 0 Å². The fraction of sp³-hybridized carbons (Fsp3) is 0.333. The number of hydrogen-bond acceptors (Lipinski definition) is 3. The smallest absolute Gasteiger partial charge is 0.337 e. The second kappa shape index (κ2) is 6.98. The van der Waals surface area contributed by atoms with E-state index >= 15 is 0 Å². The Morgan fingerprint density at radius 1 is 1.44 bits per heavy atom. The maximum atomic E-state index is 11.6. The number of aromatic carboxylic acids is 1. The van der Waals surface area contributed by atoms with Crippen LogP contribution in [-0.2, 0) is 9.53 Å². The van der Waals surface area contributed by atoms with E-state index < -0.39 is 5.97 Å². The number of halogens is 1. The van der Waals surface area contributed by atoms with Crippen LogP contribution in [0.3, 0.4) is 0 Å². The van der Waals surface area contributed by atoms with Gasteiger partial charge in [0.05, 0.1) is 29.3 Å². The molecular weight excluding hydrogens is 258 g/mol. The molecule has 18 heavy (non-hydrogen) atoms. The fourth-order valence-corrected chi connectivity index (χ4v) is 1.56. The summed E-state index contributed by atoms with van der Waals surface area (Å²) in [5, 5.41) is 11.7. The predicted octanol–water partition coefficient (Wildman–Crippen LogP) is 2.40. The van der Waals surface area contributed by atoms with Crippen LogP contribution >= 0.6 is 11.6 Å². The van der Waals surface area contributed by atoms with Crippen molar-refractivity contribution in [3.8, 4) is 0 Å². The number of hydrogen-bond donors (Lipinski definition) is 2. The Kier molecular flexibility index (Phi) is 5.61. The number of anilines is 1. The van der Waals surface area contributed by atoms with Gasteiger partial charge in [-0.25, -0.2) is 4.79 Å². The first-order valence-electron chi connectivity index (χ1n) is 5.45. The third kappa shape index (κ3) is 4.01. The minimum Gasteiger partial charge on any atom is -0.478 e. The number of carboxylic acids is 1. The summed E-state index contributed by atoms with van der Waals surface area (Å²) in [7, 11) is 0. The highest BCUT2D eigenvalue weighted by molar-refractivity contribution is 6.34. The Balaban J connectivity index is 2.77. The van der Waals surface area contributed by atoms with Crippen LogP contribution in [0.25, 0.3) is 0 Å². The number of carbonyl (C=O) groups excluding carboxylic acids is 1. The van der Waals surface area contributed by atoms with Crippen LogP contribution in [0.1, 0.15) is 23.7 Å². The van der Waals surface area contributed by atoms with Gasteiger partial charge in [-0.2, -0.15) is 0 Å². The summed E-state index contributed by atoms with van der Waals surface area (Å²) in [6.45, 7) is 2.64. The second-order valence-electron chi connectivity index (χ2n) is 3.46. The van der Waals surface area contributed by atoms with Crippen LogP contribution in [0.2, 0.25) is 5.02 Å². The third-order valence-corrected chi connectivity index (χ3v) is 2.50. The number of carbonyl (C=O) groups is 2. The van der Waals surface area contributed by atoms with Gasteiger partial charge >= 0.3 is 5.97 Å². The van der Waals surface area contributed by atoms with Crippen LogP contribution in [0.4, 0.5) is 5.69 Å². The maximum Gasteiger partial charge on any atom is 0.337 e. The van der Waals surface area contributed by atoms with E-state index in [1.165, 1.54) is 18.2 Å². The molecule has 0 fully saturated rings. The molecule has 0 aliphatic carbocycles. The molecule has 1 amide bonds. The van der Waals surface area contributed by atoms with Crippen molar-refractivity contribution in [1.82, 2.24) is 0 Å². The topological polar surface area (TPSA) is 75.6 Å². The molecule has 0 heterocycles. The minimum atomic E-state index is -1.14. The first-order valence-corrected chi connectivity index (χ1v) is 5.83. The van der Waals surface area contributed by atoms with Gasteiger partial charge in [0, 0.05) is 6.61 Å². The standard InChI is InChI=1S/C12H14ClNO4/c1-2-18-7-6-10(15)14-11-8(12(16)17)4-3-5-9(11)13/h3-5H,2,6-7H2,1H3,(H,14,15)(H,16,17). The van der Waals surface area contributed by atoms with E-state index in [9.17, 15) is 9.59 Å². The Morgan fingerprint density at radius 3 is 2.78 bits per heavy atom. The molecule has 0 unspecified atom stereocenters. The molecule has 0 atom stereocenters. The van der Waals surface area contributed by atoms with Gasteiger partial charge in [0.15, 0.2) is 0 Å². The van der Waals surface area contributed by atoms with Crippen molar-refractivity contribution in [2.45, 2.75) is 13.3 Å². The largest absolute Gasteiger partial charge is 0.478 e. The molecule has 5 nitrogen and oxygen atoms in total. The number of nitrogens with one attached hydrogen (secondary N) is 1. The van der Waals surface area contributed by atoms with E-state index in [0.29, 0.717) is 6.61 Å². The highest BCUT2D eigenvalue weighted by Gasteiger charge is 2.15. The maximum absolute atomic E-state index is 11.6. The Bertz CT molecular complexity index is 448.